The Morgan fingerprint density at radius 1 is 1.31 bits per heavy atom. The molecule has 3 aliphatic rings. The van der Waals surface area contributed by atoms with Crippen molar-refractivity contribution in [3.63, 3.8) is 0 Å². The van der Waals surface area contributed by atoms with Crippen LogP contribution in [-0.4, -0.2) is 52.1 Å². The third kappa shape index (κ3) is 4.14. The van der Waals surface area contributed by atoms with Gasteiger partial charge in [0.25, 0.3) is 0 Å². The van der Waals surface area contributed by atoms with Gasteiger partial charge >= 0.3 is 0 Å². The summed E-state index contributed by atoms with van der Waals surface area (Å²) in [5.74, 6) is 2.22. The Bertz CT molecular complexity index is 883. The van der Waals surface area contributed by atoms with Crippen LogP contribution in [0.1, 0.15) is 29.5 Å². The number of fused-ring (bicyclic) bond motifs is 1. The molecule has 2 fully saturated rings. The van der Waals surface area contributed by atoms with Gasteiger partial charge < -0.3 is 14.4 Å². The van der Waals surface area contributed by atoms with Crippen LogP contribution in [0.15, 0.2) is 42.7 Å². The monoisotopic (exact) mass is 410 g/mol. The molecule has 6 heteroatoms. The Morgan fingerprint density at radius 2 is 2.24 bits per heavy atom. The zero-order valence-corrected chi connectivity index (χ0v) is 17.3. The number of amides is 1. The van der Waals surface area contributed by atoms with Crippen molar-refractivity contribution in [2.75, 3.05) is 25.4 Å². The first kappa shape index (κ1) is 18.9. The molecule has 4 heterocycles. The molecule has 29 heavy (non-hydrogen) atoms. The highest BCUT2D eigenvalue weighted by Crippen LogP contribution is 2.46. The highest BCUT2D eigenvalue weighted by Gasteiger charge is 2.50. The van der Waals surface area contributed by atoms with E-state index in [-0.39, 0.29) is 16.8 Å². The summed E-state index contributed by atoms with van der Waals surface area (Å²) in [6, 6.07) is 10.2. The van der Waals surface area contributed by atoms with Gasteiger partial charge in [0.1, 0.15) is 5.75 Å². The highest BCUT2D eigenvalue weighted by molar-refractivity contribution is 8.01. The van der Waals surface area contributed by atoms with E-state index in [1.54, 1.807) is 6.20 Å². The molecule has 2 saturated heterocycles. The molecule has 1 atom stereocenters. The molecular weight excluding hydrogens is 384 g/mol. The number of benzene rings is 1. The molecule has 1 aromatic heterocycles. The fraction of sp³-hybridized carbons (Fsp3) is 0.478. The molecular formula is C23H26N2O3S. The maximum Gasteiger partial charge on any atom is 0.227 e. The van der Waals surface area contributed by atoms with E-state index in [2.05, 4.69) is 11.1 Å². The van der Waals surface area contributed by atoms with Crippen LogP contribution in [0.2, 0.25) is 0 Å². The summed E-state index contributed by atoms with van der Waals surface area (Å²) in [4.78, 5) is 18.9. The van der Waals surface area contributed by atoms with Gasteiger partial charge in [0.15, 0.2) is 0 Å². The first-order valence-electron chi connectivity index (χ1n) is 10.4. The zero-order chi connectivity index (χ0) is 19.7. The van der Waals surface area contributed by atoms with Crippen molar-refractivity contribution < 1.29 is 14.3 Å². The number of pyridine rings is 1. The van der Waals surface area contributed by atoms with Crippen molar-refractivity contribution in [2.45, 2.75) is 43.1 Å². The van der Waals surface area contributed by atoms with Gasteiger partial charge in [0, 0.05) is 31.2 Å². The number of carbonyl (C=O) groups excluding carboxylic acids is 1. The third-order valence-electron chi connectivity index (χ3n) is 6.02. The second-order valence-corrected chi connectivity index (χ2v) is 9.80. The normalized spacial score (nSPS) is 22.1. The molecule has 1 unspecified atom stereocenters. The van der Waals surface area contributed by atoms with Crippen LogP contribution in [0.5, 0.6) is 5.75 Å². The summed E-state index contributed by atoms with van der Waals surface area (Å²) >= 11 is 1.97. The Labute approximate surface area is 175 Å². The molecule has 0 bridgehead atoms. The second-order valence-electron chi connectivity index (χ2n) is 8.31. The van der Waals surface area contributed by atoms with Crippen molar-refractivity contribution in [1.82, 2.24) is 9.88 Å². The minimum absolute atomic E-state index is 0.193. The van der Waals surface area contributed by atoms with Crippen molar-refractivity contribution in [3.8, 4) is 5.75 Å². The lowest BCUT2D eigenvalue weighted by molar-refractivity contribution is -0.136. The topological polar surface area (TPSA) is 51.7 Å². The fourth-order valence-electron chi connectivity index (χ4n) is 4.46. The first-order chi connectivity index (χ1) is 14.2. The molecule has 152 valence electrons. The Kier molecular flexibility index (Phi) is 5.22. The summed E-state index contributed by atoms with van der Waals surface area (Å²) in [7, 11) is 0. The molecule has 1 spiro atoms. The maximum absolute atomic E-state index is 12.7. The molecule has 2 aromatic rings. The number of aromatic nitrogens is 1. The maximum atomic E-state index is 12.7. The molecule has 1 aromatic carbocycles. The van der Waals surface area contributed by atoms with E-state index in [1.165, 1.54) is 5.56 Å². The van der Waals surface area contributed by atoms with E-state index in [0.717, 1.165) is 61.6 Å². The number of carbonyl (C=O) groups is 1. The Morgan fingerprint density at radius 3 is 3.10 bits per heavy atom. The van der Waals surface area contributed by atoms with Crippen LogP contribution in [0.4, 0.5) is 0 Å². The number of hydrogen-bond acceptors (Lipinski definition) is 5. The molecule has 1 amide bonds. The van der Waals surface area contributed by atoms with Gasteiger partial charge in [-0.2, -0.15) is 0 Å². The highest BCUT2D eigenvalue weighted by atomic mass is 32.2. The summed E-state index contributed by atoms with van der Waals surface area (Å²) < 4.78 is 12.0. The summed E-state index contributed by atoms with van der Waals surface area (Å²) in [6.45, 7) is 3.10. The van der Waals surface area contributed by atoms with E-state index in [1.807, 2.05) is 47.1 Å². The molecule has 5 rings (SSSR count). The Hall–Kier alpha value is -2.05. The van der Waals surface area contributed by atoms with Crippen molar-refractivity contribution in [3.05, 3.63) is 59.4 Å². The molecule has 0 N–H and O–H groups in total. The van der Waals surface area contributed by atoms with Crippen LogP contribution >= 0.6 is 11.8 Å². The summed E-state index contributed by atoms with van der Waals surface area (Å²) in [5.41, 5.74) is 3.44. The van der Waals surface area contributed by atoms with Crippen LogP contribution < -0.4 is 4.74 Å². The minimum Gasteiger partial charge on any atom is -0.493 e. The number of likely N-dealkylation sites (tertiary alicyclic amines) is 1. The van der Waals surface area contributed by atoms with Crippen molar-refractivity contribution >= 4 is 17.7 Å². The van der Waals surface area contributed by atoms with Gasteiger partial charge in [-0.1, -0.05) is 18.2 Å². The van der Waals surface area contributed by atoms with Gasteiger partial charge in [0.05, 0.1) is 30.5 Å². The van der Waals surface area contributed by atoms with Gasteiger partial charge in [0.2, 0.25) is 5.91 Å². The number of aryl methyl sites for hydroxylation is 1. The van der Waals surface area contributed by atoms with Crippen LogP contribution in [0, 0.1) is 0 Å². The molecule has 0 aliphatic carbocycles. The van der Waals surface area contributed by atoms with E-state index >= 15 is 0 Å². The summed E-state index contributed by atoms with van der Waals surface area (Å²) in [5, 5.41) is 0. The molecule has 0 radical (unpaired) electrons. The predicted molar refractivity (Wildman–Crippen MR) is 113 cm³/mol. The van der Waals surface area contributed by atoms with Crippen molar-refractivity contribution in [1.29, 1.82) is 0 Å². The quantitative estimate of drug-likeness (QED) is 0.757. The third-order valence-corrected chi connectivity index (χ3v) is 7.60. The zero-order valence-electron chi connectivity index (χ0n) is 16.5. The molecule has 0 saturated carbocycles. The Balaban J connectivity index is 1.10. The van der Waals surface area contributed by atoms with Gasteiger partial charge in [-0.15, -0.1) is 11.8 Å². The number of thioether (sulfide) groups is 1. The average Bonchev–Trinajstić information content (AvgIpc) is 3.17. The van der Waals surface area contributed by atoms with Crippen molar-refractivity contribution in [2.24, 2.45) is 0 Å². The molecule has 5 nitrogen and oxygen atoms in total. The number of ether oxygens (including phenoxy) is 2. The van der Waals surface area contributed by atoms with Crippen LogP contribution in [0.25, 0.3) is 0 Å². The van der Waals surface area contributed by atoms with Gasteiger partial charge in [-0.05, 0) is 48.1 Å². The lowest BCUT2D eigenvalue weighted by Crippen LogP contribution is -2.61. The van der Waals surface area contributed by atoms with E-state index in [9.17, 15) is 4.79 Å². The predicted octanol–water partition coefficient (Wildman–Crippen LogP) is 3.25. The van der Waals surface area contributed by atoms with E-state index in [0.29, 0.717) is 13.0 Å². The largest absolute Gasteiger partial charge is 0.493 e. The number of hydrogen-bond donors (Lipinski definition) is 0. The van der Waals surface area contributed by atoms with Gasteiger partial charge in [-0.25, -0.2) is 0 Å². The first-order valence-corrected chi connectivity index (χ1v) is 11.3. The lowest BCUT2D eigenvalue weighted by Gasteiger charge is -2.47. The average molecular weight is 411 g/mol. The van der Waals surface area contributed by atoms with E-state index in [4.69, 9.17) is 9.47 Å². The standard InChI is InChI=1S/C23H26N2O3S/c26-22(10-17-5-6-21-19(9-17)4-2-8-27-21)25-15-23(16-25)11-20(14-29-23)28-13-18-3-1-7-24-12-18/h1,3,5-7,9,12,20H,2,4,8,10-11,13-16H2. The number of rotatable bonds is 5. The van der Waals surface area contributed by atoms with E-state index < -0.39 is 0 Å². The molecule has 3 aliphatic heterocycles. The smallest absolute Gasteiger partial charge is 0.227 e. The second kappa shape index (κ2) is 8.00. The lowest BCUT2D eigenvalue weighted by atomic mass is 9.92. The number of nitrogens with zero attached hydrogens (tertiary/aromatic N) is 2. The fourth-order valence-corrected chi connectivity index (χ4v) is 6.01. The summed E-state index contributed by atoms with van der Waals surface area (Å²) in [6.07, 6.45) is 7.50. The SMILES string of the molecule is O=C(Cc1ccc2c(c1)CCCO2)N1CC2(CC(OCc3cccnc3)CS2)C1. The van der Waals surface area contributed by atoms with Gasteiger partial charge in [-0.3, -0.25) is 9.78 Å². The minimum atomic E-state index is 0.193. The van der Waals surface area contributed by atoms with Crippen LogP contribution in [-0.2, 0) is 29.0 Å². The van der Waals surface area contributed by atoms with Crippen LogP contribution in [0.3, 0.4) is 0 Å².